The molecule has 0 bridgehead atoms. The Morgan fingerprint density at radius 2 is 1.76 bits per heavy atom. The van der Waals surface area contributed by atoms with Crippen molar-refractivity contribution in [2.24, 2.45) is 5.92 Å². The minimum atomic E-state index is -0.651. The average molecular weight is 441 g/mol. The summed E-state index contributed by atoms with van der Waals surface area (Å²) in [5.74, 6) is 2.80. The summed E-state index contributed by atoms with van der Waals surface area (Å²) in [6.07, 6.45) is 0.0186. The minimum Gasteiger partial charge on any atom is -0.493 e. The number of aromatic nitrogens is 1. The van der Waals surface area contributed by atoms with Gasteiger partial charge in [-0.25, -0.2) is 4.98 Å². The maximum Gasteiger partial charge on any atom is 0.231 e. The first-order chi connectivity index (χ1) is 16.2. The molecule has 0 saturated heterocycles. The lowest BCUT2D eigenvalue weighted by Crippen LogP contribution is -2.27. The highest BCUT2D eigenvalue weighted by molar-refractivity contribution is 5.78. The van der Waals surface area contributed by atoms with Gasteiger partial charge in [-0.05, 0) is 54.4 Å². The molecule has 1 aromatic heterocycles. The first-order valence-corrected chi connectivity index (χ1v) is 11.0. The van der Waals surface area contributed by atoms with Crippen molar-refractivity contribution in [2.45, 2.75) is 19.1 Å². The minimum absolute atomic E-state index is 0.0738. The van der Waals surface area contributed by atoms with Gasteiger partial charge in [-0.2, -0.15) is 0 Å². The summed E-state index contributed by atoms with van der Waals surface area (Å²) in [7, 11) is 0. The van der Waals surface area contributed by atoms with E-state index in [4.69, 9.17) is 18.9 Å². The van der Waals surface area contributed by atoms with Crippen LogP contribution in [-0.4, -0.2) is 23.5 Å². The van der Waals surface area contributed by atoms with E-state index >= 15 is 0 Å². The summed E-state index contributed by atoms with van der Waals surface area (Å²) in [5, 5.41) is 12.2. The predicted molar refractivity (Wildman–Crippen MR) is 123 cm³/mol. The first kappa shape index (κ1) is 19.9. The third-order valence-electron chi connectivity index (χ3n) is 6.18. The van der Waals surface area contributed by atoms with Gasteiger partial charge in [0, 0.05) is 16.9 Å². The number of fused-ring (bicyclic) bond motifs is 3. The van der Waals surface area contributed by atoms with Gasteiger partial charge in [0.2, 0.25) is 6.79 Å². The van der Waals surface area contributed by atoms with Gasteiger partial charge in [0.1, 0.15) is 18.1 Å². The Morgan fingerprint density at radius 3 is 2.73 bits per heavy atom. The summed E-state index contributed by atoms with van der Waals surface area (Å²) in [4.78, 5) is 4.66. The molecule has 2 aliphatic heterocycles. The molecule has 2 atom stereocenters. The van der Waals surface area contributed by atoms with Crippen molar-refractivity contribution in [3.8, 4) is 23.0 Å². The Kier molecular flexibility index (Phi) is 5.00. The molecule has 33 heavy (non-hydrogen) atoms. The van der Waals surface area contributed by atoms with Crippen LogP contribution >= 0.6 is 0 Å². The summed E-state index contributed by atoms with van der Waals surface area (Å²) in [6, 6.07) is 23.5. The zero-order valence-electron chi connectivity index (χ0n) is 17.9. The van der Waals surface area contributed by atoms with E-state index in [0.717, 1.165) is 39.2 Å². The highest BCUT2D eigenvalue weighted by atomic mass is 16.7. The molecule has 0 radical (unpaired) electrons. The first-order valence-electron chi connectivity index (χ1n) is 11.0. The molecule has 0 spiro atoms. The monoisotopic (exact) mass is 441 g/mol. The molecule has 3 aromatic carbocycles. The molecule has 0 aliphatic carbocycles. The van der Waals surface area contributed by atoms with E-state index in [1.54, 1.807) is 0 Å². The second-order valence-corrected chi connectivity index (χ2v) is 8.39. The lowest BCUT2D eigenvalue weighted by molar-refractivity contribution is 0.0504. The van der Waals surface area contributed by atoms with Crippen LogP contribution in [0.15, 0.2) is 72.8 Å². The fourth-order valence-corrected chi connectivity index (χ4v) is 4.41. The summed E-state index contributed by atoms with van der Waals surface area (Å²) >= 11 is 0. The van der Waals surface area contributed by atoms with E-state index < -0.39 is 6.10 Å². The molecule has 0 amide bonds. The normalized spacial score (nSPS) is 18.6. The maximum absolute atomic E-state index is 11.1. The topological polar surface area (TPSA) is 70.0 Å². The predicted octanol–water partition coefficient (Wildman–Crippen LogP) is 4.83. The summed E-state index contributed by atoms with van der Waals surface area (Å²) in [5.41, 5.74) is 3.62. The molecule has 2 aliphatic rings. The zero-order chi connectivity index (χ0) is 22.2. The van der Waals surface area contributed by atoms with Gasteiger partial charge in [0.15, 0.2) is 11.5 Å². The standard InChI is InChI=1S/C27H23NO5/c29-27-19(11-17-5-9-25-26(12-17)33-16-32-25)14-31-24-10-8-21(13-22(24)27)30-15-20-7-6-18-3-1-2-4-23(18)28-20/h1-10,12-13,19,27,29H,11,14-16H2/t19-,27+/m0/s1. The molecule has 6 heteroatoms. The number of pyridine rings is 1. The van der Waals surface area contributed by atoms with Crippen molar-refractivity contribution in [1.29, 1.82) is 0 Å². The molecule has 0 unspecified atom stereocenters. The van der Waals surface area contributed by atoms with Gasteiger partial charge in [0.05, 0.1) is 23.9 Å². The summed E-state index contributed by atoms with van der Waals surface area (Å²) in [6.45, 7) is 1.05. The summed E-state index contributed by atoms with van der Waals surface area (Å²) < 4.78 is 22.8. The molecular weight excluding hydrogens is 418 g/mol. The van der Waals surface area contributed by atoms with E-state index in [0.29, 0.717) is 31.1 Å². The molecule has 3 heterocycles. The average Bonchev–Trinajstić information content (AvgIpc) is 3.32. The maximum atomic E-state index is 11.1. The molecule has 166 valence electrons. The number of para-hydroxylation sites is 1. The van der Waals surface area contributed by atoms with Gasteiger partial charge >= 0.3 is 0 Å². The zero-order valence-corrected chi connectivity index (χ0v) is 17.9. The van der Waals surface area contributed by atoms with Crippen molar-refractivity contribution < 1.29 is 24.1 Å². The number of nitrogens with zero attached hydrogens (tertiary/aromatic N) is 1. The van der Waals surface area contributed by atoms with Crippen LogP contribution in [0.5, 0.6) is 23.0 Å². The molecule has 6 rings (SSSR count). The second-order valence-electron chi connectivity index (χ2n) is 8.39. The van der Waals surface area contributed by atoms with Crippen molar-refractivity contribution in [3.05, 3.63) is 89.6 Å². The number of hydrogen-bond donors (Lipinski definition) is 1. The van der Waals surface area contributed by atoms with Crippen molar-refractivity contribution >= 4 is 10.9 Å². The van der Waals surface area contributed by atoms with Crippen LogP contribution in [0.25, 0.3) is 10.9 Å². The number of aliphatic hydroxyl groups excluding tert-OH is 1. The number of aliphatic hydroxyl groups is 1. The number of rotatable bonds is 5. The highest BCUT2D eigenvalue weighted by Gasteiger charge is 2.30. The largest absolute Gasteiger partial charge is 0.493 e. The highest BCUT2D eigenvalue weighted by Crippen LogP contribution is 2.40. The lowest BCUT2D eigenvalue weighted by Gasteiger charge is -2.30. The fraction of sp³-hybridized carbons (Fsp3) is 0.222. The third-order valence-corrected chi connectivity index (χ3v) is 6.18. The lowest BCUT2D eigenvalue weighted by atomic mass is 9.88. The number of hydrogen-bond acceptors (Lipinski definition) is 6. The van der Waals surface area contributed by atoms with Crippen LogP contribution in [-0.2, 0) is 13.0 Å². The van der Waals surface area contributed by atoms with Crippen molar-refractivity contribution in [1.82, 2.24) is 4.98 Å². The van der Waals surface area contributed by atoms with E-state index in [1.807, 2.05) is 72.8 Å². The van der Waals surface area contributed by atoms with E-state index in [-0.39, 0.29) is 12.7 Å². The van der Waals surface area contributed by atoms with Crippen LogP contribution in [0.3, 0.4) is 0 Å². The van der Waals surface area contributed by atoms with Gasteiger partial charge < -0.3 is 24.1 Å². The molecule has 6 nitrogen and oxygen atoms in total. The van der Waals surface area contributed by atoms with Gasteiger partial charge in [-0.1, -0.05) is 30.3 Å². The Balaban J connectivity index is 1.16. The van der Waals surface area contributed by atoms with Gasteiger partial charge in [-0.15, -0.1) is 0 Å². The quantitative estimate of drug-likeness (QED) is 0.479. The molecule has 0 saturated carbocycles. The Bertz CT molecular complexity index is 1320. The molecule has 1 N–H and O–H groups in total. The van der Waals surface area contributed by atoms with Gasteiger partial charge in [-0.3, -0.25) is 0 Å². The van der Waals surface area contributed by atoms with Crippen molar-refractivity contribution in [2.75, 3.05) is 13.4 Å². The Labute approximate surface area is 191 Å². The van der Waals surface area contributed by atoms with Crippen LogP contribution in [0.2, 0.25) is 0 Å². The van der Waals surface area contributed by atoms with E-state index in [1.165, 1.54) is 0 Å². The van der Waals surface area contributed by atoms with Crippen LogP contribution in [0.4, 0.5) is 0 Å². The van der Waals surface area contributed by atoms with Gasteiger partial charge in [0.25, 0.3) is 0 Å². The van der Waals surface area contributed by atoms with Crippen molar-refractivity contribution in [3.63, 3.8) is 0 Å². The molecule has 4 aromatic rings. The number of benzene rings is 3. The Hall–Kier alpha value is -3.77. The second kappa shape index (κ2) is 8.30. The van der Waals surface area contributed by atoms with Crippen LogP contribution in [0.1, 0.15) is 22.9 Å². The SMILES string of the molecule is O[C@H]1c2cc(OCc3ccc4ccccc4n3)ccc2OC[C@@H]1Cc1ccc2c(c1)OCO2. The van der Waals surface area contributed by atoms with Crippen LogP contribution < -0.4 is 18.9 Å². The molecular formula is C27H23NO5. The third kappa shape index (κ3) is 3.94. The molecule has 0 fully saturated rings. The van der Waals surface area contributed by atoms with E-state index in [9.17, 15) is 5.11 Å². The fourth-order valence-electron chi connectivity index (χ4n) is 4.41. The van der Waals surface area contributed by atoms with E-state index in [2.05, 4.69) is 4.98 Å². The Morgan fingerprint density at radius 1 is 0.879 bits per heavy atom. The number of ether oxygens (including phenoxy) is 4. The smallest absolute Gasteiger partial charge is 0.231 e. The van der Waals surface area contributed by atoms with Crippen LogP contribution in [0, 0.1) is 5.92 Å².